The molecule has 1 heteroatoms. The predicted molar refractivity (Wildman–Crippen MR) is 89.0 cm³/mol. The Morgan fingerprint density at radius 3 is 1.29 bits per heavy atom. The molecule has 0 aromatic rings. The summed E-state index contributed by atoms with van der Waals surface area (Å²) in [6, 6.07) is 0. The maximum absolute atomic E-state index is 4.29. The summed E-state index contributed by atoms with van der Waals surface area (Å²) in [5.41, 5.74) is 0. The minimum atomic E-state index is -1.57. The predicted octanol–water partition coefficient (Wildman–Crippen LogP) is 5.62. The highest BCUT2D eigenvalue weighted by Gasteiger charge is 2.34. The van der Waals surface area contributed by atoms with Crippen molar-refractivity contribution >= 4 is 9.16 Å². The molecule has 0 saturated carbocycles. The van der Waals surface area contributed by atoms with Crippen molar-refractivity contribution in [1.82, 2.24) is 0 Å². The first kappa shape index (κ1) is 17.1. The molecule has 0 nitrogen and oxygen atoms in total. The van der Waals surface area contributed by atoms with Gasteiger partial charge in [-0.1, -0.05) is 58.9 Å². The van der Waals surface area contributed by atoms with E-state index in [1.807, 2.05) is 0 Å². The molecule has 0 atom stereocenters. The van der Waals surface area contributed by atoms with Gasteiger partial charge >= 0.3 is 0 Å². The van der Waals surface area contributed by atoms with Gasteiger partial charge in [-0.25, -0.2) is 0 Å². The summed E-state index contributed by atoms with van der Waals surface area (Å²) in [7, 11) is -1.57. The summed E-state index contributed by atoms with van der Waals surface area (Å²) in [6.45, 7) is 13.7. The third kappa shape index (κ3) is 4.69. The van der Waals surface area contributed by atoms with E-state index in [9.17, 15) is 0 Å². The average molecular weight is 261 g/mol. The van der Waals surface area contributed by atoms with E-state index in [4.69, 9.17) is 0 Å². The number of unbranched alkanes of at least 4 members (excludes halogenated alkanes) is 3. The van der Waals surface area contributed by atoms with Crippen LogP contribution in [-0.2, 0) is 0 Å². The molecule has 0 heterocycles. The number of rotatable bonds is 11. The van der Waals surface area contributed by atoms with Gasteiger partial charge in [0.05, 0.1) is 0 Å². The lowest BCUT2D eigenvalue weighted by Gasteiger charge is -2.60. The van der Waals surface area contributed by atoms with Crippen LogP contribution in [0, 0.1) is 0 Å². The van der Waals surface area contributed by atoms with Crippen molar-refractivity contribution in [3.8, 4) is 0 Å². The minimum Gasteiger partial charge on any atom is -0.268 e. The maximum Gasteiger partial charge on any atom is -0.0329 e. The molecule has 0 rings (SSSR count). The van der Waals surface area contributed by atoms with Crippen LogP contribution in [-0.4, -0.2) is 23.0 Å². The summed E-state index contributed by atoms with van der Waals surface area (Å²) >= 11 is 0. The average Bonchev–Trinajstić information content (AvgIpc) is 2.40. The Bertz CT molecular complexity index is 183. The topological polar surface area (TPSA) is 0 Å². The Morgan fingerprint density at radius 2 is 1.12 bits per heavy atom. The lowest BCUT2D eigenvalue weighted by Crippen LogP contribution is -2.29. The van der Waals surface area contributed by atoms with Crippen molar-refractivity contribution in [1.29, 1.82) is 0 Å². The third-order valence-electron chi connectivity index (χ3n) is 4.72. The molecule has 0 aromatic heterocycles. The standard InChI is InChI=1S/C16H36S/c1-6-11-14-17(9-4,10-5,15-12-7-2)16-13-8-3/h9,17H,4,6-8,10-16H2,1-3,5H3. The molecule has 0 spiro atoms. The van der Waals surface area contributed by atoms with Gasteiger partial charge in [0, 0.05) is 0 Å². The SMILES string of the molecule is C=C[SH](CC)(CCCC)(CCCC)CCCC. The second-order valence-electron chi connectivity index (χ2n) is 5.80. The fourth-order valence-electron chi connectivity index (χ4n) is 2.97. The second-order valence-corrected chi connectivity index (χ2v) is 12.3. The molecule has 0 radical (unpaired) electrons. The van der Waals surface area contributed by atoms with Gasteiger partial charge in [0.25, 0.3) is 0 Å². The first-order chi connectivity index (χ1) is 8.12. The van der Waals surface area contributed by atoms with Crippen molar-refractivity contribution in [3.05, 3.63) is 12.0 Å². The highest BCUT2D eigenvalue weighted by atomic mass is 32.3. The van der Waals surface area contributed by atoms with E-state index in [1.165, 1.54) is 61.5 Å². The Labute approximate surface area is 111 Å². The van der Waals surface area contributed by atoms with E-state index < -0.39 is 9.16 Å². The summed E-state index contributed by atoms with van der Waals surface area (Å²) in [6.07, 6.45) is 8.24. The molecule has 0 aromatic carbocycles. The van der Waals surface area contributed by atoms with Crippen LogP contribution in [0.5, 0.6) is 0 Å². The second kappa shape index (κ2) is 8.24. The largest absolute Gasteiger partial charge is 0.268 e. The van der Waals surface area contributed by atoms with Crippen LogP contribution in [0.3, 0.4) is 0 Å². The molecule has 0 bridgehead atoms. The first-order valence-corrected chi connectivity index (χ1v) is 10.8. The Hall–Kier alpha value is 0.0900. The zero-order chi connectivity index (χ0) is 13.2. The van der Waals surface area contributed by atoms with Crippen LogP contribution >= 0.6 is 9.16 Å². The number of hydrogen-bond acceptors (Lipinski definition) is 0. The lowest BCUT2D eigenvalue weighted by atomic mass is 10.4. The highest BCUT2D eigenvalue weighted by Crippen LogP contribution is 2.71. The summed E-state index contributed by atoms with van der Waals surface area (Å²) in [5.74, 6) is 5.82. The zero-order valence-electron chi connectivity index (χ0n) is 12.8. The molecule has 0 amide bonds. The van der Waals surface area contributed by atoms with Crippen LogP contribution in [0.15, 0.2) is 12.0 Å². The van der Waals surface area contributed by atoms with E-state index in [0.29, 0.717) is 0 Å². The van der Waals surface area contributed by atoms with Crippen molar-refractivity contribution in [3.63, 3.8) is 0 Å². The van der Waals surface area contributed by atoms with Gasteiger partial charge in [-0.3, -0.25) is 9.16 Å². The number of hydrogen-bond donors (Lipinski definition) is 1. The summed E-state index contributed by atoms with van der Waals surface area (Å²) in [5, 5.41) is 2.46. The number of thiol groups is 1. The summed E-state index contributed by atoms with van der Waals surface area (Å²) < 4.78 is 0. The van der Waals surface area contributed by atoms with Crippen LogP contribution < -0.4 is 0 Å². The van der Waals surface area contributed by atoms with E-state index in [1.54, 1.807) is 0 Å². The Morgan fingerprint density at radius 1 is 0.765 bits per heavy atom. The molecule has 0 aliphatic rings. The molecule has 17 heavy (non-hydrogen) atoms. The van der Waals surface area contributed by atoms with Gasteiger partial charge in [-0.05, 0) is 42.3 Å². The smallest absolute Gasteiger partial charge is 0.0329 e. The lowest BCUT2D eigenvalue weighted by molar-refractivity contribution is 0.839. The molecule has 0 saturated heterocycles. The van der Waals surface area contributed by atoms with Gasteiger partial charge in [-0.2, -0.15) is 0 Å². The third-order valence-corrected chi connectivity index (χ3v) is 12.0. The van der Waals surface area contributed by atoms with Crippen molar-refractivity contribution in [2.45, 2.75) is 66.2 Å². The molecule has 0 unspecified atom stereocenters. The van der Waals surface area contributed by atoms with Gasteiger partial charge in [-0.15, -0.1) is 0 Å². The molecular formula is C16H36S. The minimum absolute atomic E-state index is 1.34. The first-order valence-electron chi connectivity index (χ1n) is 7.76. The summed E-state index contributed by atoms with van der Waals surface area (Å²) in [4.78, 5) is 0. The van der Waals surface area contributed by atoms with Crippen molar-refractivity contribution in [2.75, 3.05) is 23.0 Å². The zero-order valence-corrected chi connectivity index (χ0v) is 13.7. The van der Waals surface area contributed by atoms with Gasteiger partial charge in [0.1, 0.15) is 0 Å². The van der Waals surface area contributed by atoms with Gasteiger partial charge in [0.15, 0.2) is 0 Å². The quantitative estimate of drug-likeness (QED) is 0.458. The van der Waals surface area contributed by atoms with Gasteiger partial charge in [0.2, 0.25) is 0 Å². The van der Waals surface area contributed by atoms with E-state index >= 15 is 0 Å². The van der Waals surface area contributed by atoms with Crippen molar-refractivity contribution in [2.24, 2.45) is 0 Å². The van der Waals surface area contributed by atoms with Crippen LogP contribution in [0.4, 0.5) is 0 Å². The normalized spacial score (nSPS) is 14.2. The van der Waals surface area contributed by atoms with Crippen LogP contribution in [0.2, 0.25) is 0 Å². The molecule has 0 N–H and O–H groups in total. The van der Waals surface area contributed by atoms with Crippen LogP contribution in [0.1, 0.15) is 66.2 Å². The van der Waals surface area contributed by atoms with E-state index in [2.05, 4.69) is 39.7 Å². The Kier molecular flexibility index (Phi) is 8.28. The Balaban J connectivity index is 4.95. The van der Waals surface area contributed by atoms with Crippen molar-refractivity contribution < 1.29 is 0 Å². The molecule has 0 aliphatic heterocycles. The monoisotopic (exact) mass is 260 g/mol. The molecular weight excluding hydrogens is 224 g/mol. The highest BCUT2D eigenvalue weighted by molar-refractivity contribution is 8.51. The van der Waals surface area contributed by atoms with E-state index in [-0.39, 0.29) is 0 Å². The fraction of sp³-hybridized carbons (Fsp3) is 0.875. The molecule has 106 valence electrons. The van der Waals surface area contributed by atoms with E-state index in [0.717, 1.165) is 0 Å². The fourth-order valence-corrected chi connectivity index (χ4v) is 8.90. The maximum atomic E-state index is 4.29. The van der Waals surface area contributed by atoms with Crippen LogP contribution in [0.25, 0.3) is 0 Å². The van der Waals surface area contributed by atoms with Gasteiger partial charge < -0.3 is 0 Å². The molecule has 0 fully saturated rings. The molecule has 0 aliphatic carbocycles.